The number of benzene rings is 1. The second-order valence-corrected chi connectivity index (χ2v) is 7.27. The normalized spacial score (nSPS) is 19.8. The van der Waals surface area contributed by atoms with Crippen molar-refractivity contribution in [3.63, 3.8) is 0 Å². The summed E-state index contributed by atoms with van der Waals surface area (Å²) in [5.74, 6) is 0.431. The maximum atomic E-state index is 12.3. The fraction of sp³-hybridized carbons (Fsp3) is 0.600. The summed E-state index contributed by atoms with van der Waals surface area (Å²) in [4.78, 5) is 0. The van der Waals surface area contributed by atoms with Crippen LogP contribution in [-0.4, -0.2) is 27.3 Å². The molecule has 1 aromatic rings. The minimum absolute atomic E-state index is 0.209. The summed E-state index contributed by atoms with van der Waals surface area (Å²) in [7, 11) is -3.27. The number of sulfonamides is 1. The molecular weight excluding hydrogens is 272 g/mol. The first kappa shape index (κ1) is 15.3. The molecule has 0 radical (unpaired) electrons. The summed E-state index contributed by atoms with van der Waals surface area (Å²) in [6.45, 7) is 3.90. The van der Waals surface area contributed by atoms with E-state index in [1.807, 2.05) is 24.3 Å². The predicted molar refractivity (Wildman–Crippen MR) is 83.4 cm³/mol. The van der Waals surface area contributed by atoms with Gasteiger partial charge in [0.25, 0.3) is 0 Å². The predicted octanol–water partition coefficient (Wildman–Crippen LogP) is 2.38. The van der Waals surface area contributed by atoms with Crippen molar-refractivity contribution in [3.8, 4) is 0 Å². The Morgan fingerprint density at radius 1 is 1.35 bits per heavy atom. The molecule has 0 bridgehead atoms. The van der Waals surface area contributed by atoms with E-state index >= 15 is 0 Å². The lowest BCUT2D eigenvalue weighted by atomic mass is 10.0. The molecular formula is C15H24N2O2S. The second kappa shape index (κ2) is 7.09. The van der Waals surface area contributed by atoms with E-state index in [1.165, 1.54) is 0 Å². The molecule has 2 N–H and O–H groups in total. The molecule has 1 saturated heterocycles. The van der Waals surface area contributed by atoms with E-state index in [2.05, 4.69) is 17.0 Å². The summed E-state index contributed by atoms with van der Waals surface area (Å²) in [6.07, 6.45) is 3.95. The van der Waals surface area contributed by atoms with E-state index in [9.17, 15) is 8.42 Å². The fourth-order valence-corrected chi connectivity index (χ4v) is 4.22. The number of piperidine rings is 1. The molecule has 4 nitrogen and oxygen atoms in total. The molecule has 1 aliphatic rings. The van der Waals surface area contributed by atoms with Gasteiger partial charge in [-0.2, -0.15) is 0 Å². The van der Waals surface area contributed by atoms with Gasteiger partial charge in [-0.3, -0.25) is 4.72 Å². The van der Waals surface area contributed by atoms with Gasteiger partial charge >= 0.3 is 0 Å². The van der Waals surface area contributed by atoms with Crippen LogP contribution in [-0.2, 0) is 16.4 Å². The zero-order valence-corrected chi connectivity index (χ0v) is 12.9. The van der Waals surface area contributed by atoms with Gasteiger partial charge in [0, 0.05) is 0 Å². The second-order valence-electron chi connectivity index (χ2n) is 5.50. The van der Waals surface area contributed by atoms with Crippen LogP contribution in [0.15, 0.2) is 24.3 Å². The highest BCUT2D eigenvalue weighted by Crippen LogP contribution is 2.20. The quantitative estimate of drug-likeness (QED) is 0.847. The number of para-hydroxylation sites is 1. The molecule has 0 saturated carbocycles. The van der Waals surface area contributed by atoms with Crippen LogP contribution >= 0.6 is 0 Å². The molecule has 112 valence electrons. The zero-order valence-electron chi connectivity index (χ0n) is 12.1. The first-order valence-electron chi connectivity index (χ1n) is 7.40. The van der Waals surface area contributed by atoms with E-state index in [-0.39, 0.29) is 11.7 Å². The van der Waals surface area contributed by atoms with Gasteiger partial charge in [-0.1, -0.05) is 31.5 Å². The molecule has 1 aromatic carbocycles. The highest BCUT2D eigenvalue weighted by Gasteiger charge is 2.21. The van der Waals surface area contributed by atoms with Crippen molar-refractivity contribution in [3.05, 3.63) is 29.8 Å². The summed E-state index contributed by atoms with van der Waals surface area (Å²) >= 11 is 0. The Hall–Kier alpha value is -1.07. The third-order valence-corrected chi connectivity index (χ3v) is 5.10. The van der Waals surface area contributed by atoms with Crippen molar-refractivity contribution in [2.75, 3.05) is 23.6 Å². The lowest BCUT2D eigenvalue weighted by Crippen LogP contribution is -2.35. The zero-order chi connectivity index (χ0) is 14.4. The van der Waals surface area contributed by atoms with Gasteiger partial charge in [0.2, 0.25) is 10.0 Å². The highest BCUT2D eigenvalue weighted by atomic mass is 32.2. The van der Waals surface area contributed by atoms with Gasteiger partial charge in [0.05, 0.1) is 11.4 Å². The molecule has 1 heterocycles. The topological polar surface area (TPSA) is 58.2 Å². The van der Waals surface area contributed by atoms with Crippen molar-refractivity contribution < 1.29 is 8.42 Å². The van der Waals surface area contributed by atoms with Crippen LogP contribution < -0.4 is 10.0 Å². The number of aryl methyl sites for hydroxylation is 1. The number of hydrogen-bond acceptors (Lipinski definition) is 3. The lowest BCUT2D eigenvalue weighted by Gasteiger charge is -2.23. The van der Waals surface area contributed by atoms with Gasteiger partial charge in [-0.15, -0.1) is 0 Å². The Kier molecular flexibility index (Phi) is 5.43. The number of rotatable bonds is 6. The van der Waals surface area contributed by atoms with Crippen molar-refractivity contribution in [1.29, 1.82) is 0 Å². The molecule has 0 aliphatic carbocycles. The minimum Gasteiger partial charge on any atom is -0.316 e. The molecule has 2 rings (SSSR count). The van der Waals surface area contributed by atoms with Crippen LogP contribution in [0, 0.1) is 5.92 Å². The smallest absolute Gasteiger partial charge is 0.233 e. The van der Waals surface area contributed by atoms with E-state index in [4.69, 9.17) is 0 Å². The van der Waals surface area contributed by atoms with Crippen molar-refractivity contribution >= 4 is 15.7 Å². The van der Waals surface area contributed by atoms with Gasteiger partial charge in [0.15, 0.2) is 0 Å². The Balaban J connectivity index is 2.03. The summed E-state index contributed by atoms with van der Waals surface area (Å²) in [6, 6.07) is 7.66. The monoisotopic (exact) mass is 296 g/mol. The third kappa shape index (κ3) is 4.49. The van der Waals surface area contributed by atoms with E-state index in [0.29, 0.717) is 0 Å². The van der Waals surface area contributed by atoms with Crippen molar-refractivity contribution in [1.82, 2.24) is 5.32 Å². The number of nitrogens with one attached hydrogen (secondary N) is 2. The summed E-state index contributed by atoms with van der Waals surface area (Å²) < 4.78 is 27.3. The first-order chi connectivity index (χ1) is 9.61. The number of anilines is 1. The van der Waals surface area contributed by atoms with Crippen LogP contribution in [0.1, 0.15) is 31.7 Å². The molecule has 5 heteroatoms. The Labute approximate surface area is 122 Å². The number of hydrogen-bond donors (Lipinski definition) is 2. The minimum atomic E-state index is -3.27. The van der Waals surface area contributed by atoms with Gasteiger partial charge in [-0.25, -0.2) is 8.42 Å². The van der Waals surface area contributed by atoms with Gasteiger partial charge < -0.3 is 5.32 Å². The molecule has 0 amide bonds. The Morgan fingerprint density at radius 2 is 2.15 bits per heavy atom. The molecule has 0 aromatic heterocycles. The third-order valence-electron chi connectivity index (χ3n) is 3.66. The van der Waals surface area contributed by atoms with Gasteiger partial charge in [0.1, 0.15) is 0 Å². The van der Waals surface area contributed by atoms with Gasteiger partial charge in [-0.05, 0) is 49.9 Å². The molecule has 1 fully saturated rings. The van der Waals surface area contributed by atoms with Crippen LogP contribution in [0.2, 0.25) is 0 Å². The molecule has 1 aliphatic heterocycles. The van der Waals surface area contributed by atoms with Crippen LogP contribution in [0.5, 0.6) is 0 Å². The first-order valence-corrected chi connectivity index (χ1v) is 9.05. The molecule has 1 unspecified atom stereocenters. The maximum Gasteiger partial charge on any atom is 0.233 e. The molecule has 0 spiro atoms. The Bertz CT molecular complexity index is 522. The highest BCUT2D eigenvalue weighted by molar-refractivity contribution is 7.92. The van der Waals surface area contributed by atoms with E-state index in [0.717, 1.165) is 50.0 Å². The van der Waals surface area contributed by atoms with E-state index in [1.54, 1.807) is 0 Å². The van der Waals surface area contributed by atoms with E-state index < -0.39 is 10.0 Å². The lowest BCUT2D eigenvalue weighted by molar-refractivity contribution is 0.404. The van der Waals surface area contributed by atoms with Crippen LogP contribution in [0.25, 0.3) is 0 Å². The van der Waals surface area contributed by atoms with Crippen molar-refractivity contribution in [2.24, 2.45) is 5.92 Å². The fourth-order valence-electron chi connectivity index (χ4n) is 2.69. The van der Waals surface area contributed by atoms with Crippen LogP contribution in [0.3, 0.4) is 0 Å². The molecule has 1 atom stereocenters. The average molecular weight is 296 g/mol. The Morgan fingerprint density at radius 3 is 2.85 bits per heavy atom. The maximum absolute atomic E-state index is 12.3. The van der Waals surface area contributed by atoms with Crippen LogP contribution in [0.4, 0.5) is 5.69 Å². The standard InChI is InChI=1S/C15H24N2O2S/c1-2-6-14-8-3-4-9-15(14)17-20(18,19)12-13-7-5-10-16-11-13/h3-4,8-9,13,16-17H,2,5-7,10-12H2,1H3. The van der Waals surface area contributed by atoms with Crippen molar-refractivity contribution in [2.45, 2.75) is 32.6 Å². The molecule has 20 heavy (non-hydrogen) atoms. The summed E-state index contributed by atoms with van der Waals surface area (Å²) in [5.41, 5.74) is 1.80. The largest absolute Gasteiger partial charge is 0.316 e. The summed E-state index contributed by atoms with van der Waals surface area (Å²) in [5, 5.41) is 3.26. The SMILES string of the molecule is CCCc1ccccc1NS(=O)(=O)CC1CCCNC1. The average Bonchev–Trinajstić information content (AvgIpc) is 2.41.